The van der Waals surface area contributed by atoms with Crippen molar-refractivity contribution in [3.05, 3.63) is 28.7 Å². The van der Waals surface area contributed by atoms with Gasteiger partial charge in [-0.05, 0) is 45.2 Å². The SMILES string of the molecule is CCN(CC)C(=O)CN(C)CC(=O)NCCSc1ccc(Br)cc1. The van der Waals surface area contributed by atoms with Gasteiger partial charge >= 0.3 is 0 Å². The van der Waals surface area contributed by atoms with E-state index < -0.39 is 0 Å². The molecule has 0 heterocycles. The summed E-state index contributed by atoms with van der Waals surface area (Å²) >= 11 is 5.11. The summed E-state index contributed by atoms with van der Waals surface area (Å²) in [5.74, 6) is 0.817. The molecule has 0 aliphatic carbocycles. The molecule has 0 aromatic heterocycles. The lowest BCUT2D eigenvalue weighted by Gasteiger charge is -2.22. The third-order valence-electron chi connectivity index (χ3n) is 3.44. The Bertz CT molecular complexity index is 521. The number of nitrogens with one attached hydrogen (secondary N) is 1. The molecule has 7 heteroatoms. The lowest BCUT2D eigenvalue weighted by molar-refractivity contribution is -0.132. The van der Waals surface area contributed by atoms with Crippen LogP contribution in [-0.2, 0) is 9.59 Å². The molecular formula is C17H26BrN3O2S. The van der Waals surface area contributed by atoms with Crippen LogP contribution in [0.5, 0.6) is 0 Å². The van der Waals surface area contributed by atoms with E-state index in [-0.39, 0.29) is 24.9 Å². The molecule has 0 aliphatic heterocycles. The summed E-state index contributed by atoms with van der Waals surface area (Å²) in [6.45, 7) is 6.41. The molecule has 2 amide bonds. The van der Waals surface area contributed by atoms with Crippen LogP contribution < -0.4 is 5.32 Å². The number of likely N-dealkylation sites (N-methyl/N-ethyl adjacent to an activating group) is 2. The predicted molar refractivity (Wildman–Crippen MR) is 103 cm³/mol. The highest BCUT2D eigenvalue weighted by molar-refractivity contribution is 9.10. The Kier molecular flexibility index (Phi) is 10.1. The maximum absolute atomic E-state index is 12.0. The van der Waals surface area contributed by atoms with E-state index >= 15 is 0 Å². The minimum absolute atomic E-state index is 0.0544. The van der Waals surface area contributed by atoms with Crippen molar-refractivity contribution in [2.75, 3.05) is 45.5 Å². The molecular weight excluding hydrogens is 390 g/mol. The fraction of sp³-hybridized carbons (Fsp3) is 0.529. The average molecular weight is 416 g/mol. The molecule has 0 saturated heterocycles. The van der Waals surface area contributed by atoms with Crippen LogP contribution >= 0.6 is 27.7 Å². The van der Waals surface area contributed by atoms with Crippen molar-refractivity contribution in [3.8, 4) is 0 Å². The molecule has 0 bridgehead atoms. The molecule has 134 valence electrons. The number of hydrogen-bond donors (Lipinski definition) is 1. The Labute approximate surface area is 157 Å². The van der Waals surface area contributed by atoms with Crippen molar-refractivity contribution in [2.24, 2.45) is 0 Å². The Morgan fingerprint density at radius 1 is 1.12 bits per heavy atom. The van der Waals surface area contributed by atoms with Crippen LogP contribution in [0.4, 0.5) is 0 Å². The minimum Gasteiger partial charge on any atom is -0.354 e. The van der Waals surface area contributed by atoms with Gasteiger partial charge in [0.1, 0.15) is 0 Å². The lowest BCUT2D eigenvalue weighted by atomic mass is 10.4. The molecule has 0 saturated carbocycles. The number of nitrogens with zero attached hydrogens (tertiary/aromatic N) is 2. The number of hydrogen-bond acceptors (Lipinski definition) is 4. The van der Waals surface area contributed by atoms with Gasteiger partial charge in [-0.25, -0.2) is 0 Å². The molecule has 0 aliphatic rings. The van der Waals surface area contributed by atoms with Crippen LogP contribution in [0.15, 0.2) is 33.6 Å². The highest BCUT2D eigenvalue weighted by Crippen LogP contribution is 2.19. The molecule has 24 heavy (non-hydrogen) atoms. The average Bonchev–Trinajstić information content (AvgIpc) is 2.54. The van der Waals surface area contributed by atoms with Gasteiger partial charge in [0.25, 0.3) is 0 Å². The smallest absolute Gasteiger partial charge is 0.236 e. The molecule has 0 radical (unpaired) electrons. The highest BCUT2D eigenvalue weighted by Gasteiger charge is 2.14. The Morgan fingerprint density at radius 3 is 2.33 bits per heavy atom. The van der Waals surface area contributed by atoms with E-state index in [1.807, 2.05) is 38.1 Å². The standard InChI is InChI=1S/C17H26BrN3O2S/c1-4-21(5-2)17(23)13-20(3)12-16(22)19-10-11-24-15-8-6-14(18)7-9-15/h6-9H,4-5,10-13H2,1-3H3,(H,19,22). The Balaban J connectivity index is 2.21. The van der Waals surface area contributed by atoms with Crippen molar-refractivity contribution in [3.63, 3.8) is 0 Å². The predicted octanol–water partition coefficient (Wildman–Crippen LogP) is 2.46. The molecule has 0 spiro atoms. The summed E-state index contributed by atoms with van der Waals surface area (Å²) in [4.78, 5) is 28.6. The first kappa shape index (κ1) is 21.0. The minimum atomic E-state index is -0.0544. The number of carbonyl (C=O) groups excluding carboxylic acids is 2. The van der Waals surface area contributed by atoms with Gasteiger partial charge < -0.3 is 10.2 Å². The summed E-state index contributed by atoms with van der Waals surface area (Å²) in [7, 11) is 1.79. The third-order valence-corrected chi connectivity index (χ3v) is 4.98. The Hall–Kier alpha value is -1.05. The molecule has 0 unspecified atom stereocenters. The van der Waals surface area contributed by atoms with Crippen LogP contribution in [0, 0.1) is 0 Å². The normalized spacial score (nSPS) is 10.7. The first-order chi connectivity index (χ1) is 11.5. The maximum Gasteiger partial charge on any atom is 0.236 e. The zero-order valence-corrected chi connectivity index (χ0v) is 17.0. The summed E-state index contributed by atoms with van der Waals surface area (Å²) in [6.07, 6.45) is 0. The van der Waals surface area contributed by atoms with Gasteiger partial charge in [-0.3, -0.25) is 14.5 Å². The number of benzene rings is 1. The van der Waals surface area contributed by atoms with Crippen molar-refractivity contribution in [1.82, 2.24) is 15.1 Å². The monoisotopic (exact) mass is 415 g/mol. The van der Waals surface area contributed by atoms with Crippen molar-refractivity contribution < 1.29 is 9.59 Å². The molecule has 0 atom stereocenters. The molecule has 1 aromatic rings. The van der Waals surface area contributed by atoms with Gasteiger partial charge in [-0.1, -0.05) is 15.9 Å². The molecule has 1 rings (SSSR count). The zero-order valence-electron chi connectivity index (χ0n) is 14.5. The summed E-state index contributed by atoms with van der Waals surface area (Å²) in [5, 5.41) is 2.89. The zero-order chi connectivity index (χ0) is 17.9. The van der Waals surface area contributed by atoms with Crippen LogP contribution in [0.3, 0.4) is 0 Å². The fourth-order valence-electron chi connectivity index (χ4n) is 2.15. The van der Waals surface area contributed by atoms with E-state index in [2.05, 4.69) is 21.2 Å². The second-order valence-corrected chi connectivity index (χ2v) is 7.47. The van der Waals surface area contributed by atoms with E-state index in [9.17, 15) is 9.59 Å². The number of amides is 2. The van der Waals surface area contributed by atoms with Crippen molar-refractivity contribution in [1.29, 1.82) is 0 Å². The number of carbonyl (C=O) groups is 2. The summed E-state index contributed by atoms with van der Waals surface area (Å²) in [6, 6.07) is 8.10. The van der Waals surface area contributed by atoms with Crippen LogP contribution in [0.2, 0.25) is 0 Å². The maximum atomic E-state index is 12.0. The van der Waals surface area contributed by atoms with Gasteiger partial charge in [0, 0.05) is 34.8 Å². The van der Waals surface area contributed by atoms with Gasteiger partial charge in [0.15, 0.2) is 0 Å². The molecule has 5 nitrogen and oxygen atoms in total. The second kappa shape index (κ2) is 11.5. The van der Waals surface area contributed by atoms with Gasteiger partial charge in [-0.15, -0.1) is 11.8 Å². The van der Waals surface area contributed by atoms with Gasteiger partial charge in [0.05, 0.1) is 13.1 Å². The quantitative estimate of drug-likeness (QED) is 0.470. The molecule has 1 N–H and O–H groups in total. The van der Waals surface area contributed by atoms with E-state index in [4.69, 9.17) is 0 Å². The molecule has 1 aromatic carbocycles. The first-order valence-corrected chi connectivity index (χ1v) is 9.85. The van der Waals surface area contributed by atoms with Crippen molar-refractivity contribution in [2.45, 2.75) is 18.7 Å². The van der Waals surface area contributed by atoms with Crippen LogP contribution in [0.1, 0.15) is 13.8 Å². The lowest BCUT2D eigenvalue weighted by Crippen LogP contribution is -2.42. The van der Waals surface area contributed by atoms with E-state index in [1.165, 1.54) is 4.90 Å². The van der Waals surface area contributed by atoms with E-state index in [0.29, 0.717) is 19.6 Å². The van der Waals surface area contributed by atoms with Crippen LogP contribution in [-0.4, -0.2) is 67.1 Å². The highest BCUT2D eigenvalue weighted by atomic mass is 79.9. The topological polar surface area (TPSA) is 52.7 Å². The number of thioether (sulfide) groups is 1. The molecule has 0 fully saturated rings. The largest absolute Gasteiger partial charge is 0.354 e. The summed E-state index contributed by atoms with van der Waals surface area (Å²) in [5.41, 5.74) is 0. The van der Waals surface area contributed by atoms with Crippen molar-refractivity contribution >= 4 is 39.5 Å². The number of halogens is 1. The van der Waals surface area contributed by atoms with E-state index in [0.717, 1.165) is 10.2 Å². The van der Waals surface area contributed by atoms with Gasteiger partial charge in [-0.2, -0.15) is 0 Å². The summed E-state index contributed by atoms with van der Waals surface area (Å²) < 4.78 is 1.06. The van der Waals surface area contributed by atoms with Crippen LogP contribution in [0.25, 0.3) is 0 Å². The third kappa shape index (κ3) is 8.17. The van der Waals surface area contributed by atoms with Gasteiger partial charge in [0.2, 0.25) is 11.8 Å². The Morgan fingerprint density at radius 2 is 1.75 bits per heavy atom. The second-order valence-electron chi connectivity index (χ2n) is 5.39. The number of rotatable bonds is 10. The van der Waals surface area contributed by atoms with E-state index in [1.54, 1.807) is 28.6 Å². The fourth-order valence-corrected chi connectivity index (χ4v) is 3.19. The first-order valence-electron chi connectivity index (χ1n) is 8.07.